The van der Waals surface area contributed by atoms with E-state index >= 15 is 0 Å². The summed E-state index contributed by atoms with van der Waals surface area (Å²) in [5, 5.41) is 6.67. The summed E-state index contributed by atoms with van der Waals surface area (Å²) in [6, 6.07) is 10.4. The van der Waals surface area contributed by atoms with Crippen molar-refractivity contribution < 1.29 is 22.1 Å². The molecule has 34 heavy (non-hydrogen) atoms. The van der Waals surface area contributed by atoms with Gasteiger partial charge in [-0.3, -0.25) is 4.79 Å². The number of carbonyl (C=O) groups excluding carboxylic acids is 1. The summed E-state index contributed by atoms with van der Waals surface area (Å²) in [7, 11) is -0.0677. The Balaban J connectivity index is 1.73. The van der Waals surface area contributed by atoms with Crippen molar-refractivity contribution in [1.82, 2.24) is 14.4 Å². The lowest BCUT2D eigenvalue weighted by Gasteiger charge is -2.22. The van der Waals surface area contributed by atoms with Crippen LogP contribution in [-0.2, 0) is 21.2 Å². The Labute approximate surface area is 198 Å². The van der Waals surface area contributed by atoms with E-state index in [-0.39, 0.29) is 35.4 Å². The van der Waals surface area contributed by atoms with Crippen molar-refractivity contribution in [2.24, 2.45) is 0 Å². The van der Waals surface area contributed by atoms with E-state index in [0.29, 0.717) is 35.9 Å². The fourth-order valence-electron chi connectivity index (χ4n) is 3.38. The number of nitrogens with zero attached hydrogens (tertiary/aromatic N) is 4. The number of amides is 1. The van der Waals surface area contributed by atoms with Gasteiger partial charge >= 0.3 is 0 Å². The highest BCUT2D eigenvalue weighted by molar-refractivity contribution is 7.89. The predicted molar refractivity (Wildman–Crippen MR) is 128 cm³/mol. The van der Waals surface area contributed by atoms with Gasteiger partial charge in [-0.25, -0.2) is 12.8 Å². The fraction of sp³-hybridized carbons (Fsp3) is 0.348. The van der Waals surface area contributed by atoms with Gasteiger partial charge in [-0.1, -0.05) is 19.0 Å². The Kier molecular flexibility index (Phi) is 8.00. The van der Waals surface area contributed by atoms with Crippen LogP contribution in [0.25, 0.3) is 11.4 Å². The van der Waals surface area contributed by atoms with Crippen molar-refractivity contribution in [1.29, 1.82) is 0 Å². The quantitative estimate of drug-likeness (QED) is 0.464. The molecule has 1 aromatic heterocycles. The summed E-state index contributed by atoms with van der Waals surface area (Å²) in [4.78, 5) is 18.8. The zero-order chi connectivity index (χ0) is 24.9. The normalized spacial score (nSPS) is 11.6. The van der Waals surface area contributed by atoms with Crippen LogP contribution >= 0.6 is 0 Å². The molecule has 0 atom stereocenters. The zero-order valence-electron chi connectivity index (χ0n) is 19.6. The molecule has 0 saturated heterocycles. The molecule has 0 aliphatic rings. The highest BCUT2D eigenvalue weighted by Crippen LogP contribution is 2.29. The number of aryl methyl sites for hydroxylation is 1. The fourth-order valence-corrected chi connectivity index (χ4v) is 4.87. The lowest BCUT2D eigenvalue weighted by Crippen LogP contribution is -2.30. The summed E-state index contributed by atoms with van der Waals surface area (Å²) >= 11 is 0. The third-order valence-electron chi connectivity index (χ3n) is 5.20. The molecule has 0 unspecified atom stereocenters. The topological polar surface area (TPSA) is 109 Å². The van der Waals surface area contributed by atoms with Crippen LogP contribution in [0.5, 0.6) is 0 Å². The van der Waals surface area contributed by atoms with Crippen LogP contribution in [0.4, 0.5) is 15.8 Å². The van der Waals surface area contributed by atoms with Crippen molar-refractivity contribution in [2.45, 2.75) is 31.6 Å². The van der Waals surface area contributed by atoms with Gasteiger partial charge in [0.15, 0.2) is 0 Å². The minimum atomic E-state index is -3.68. The van der Waals surface area contributed by atoms with Crippen LogP contribution in [0, 0.1) is 5.82 Å². The molecule has 0 saturated carbocycles. The number of benzene rings is 2. The van der Waals surface area contributed by atoms with Crippen LogP contribution in [-0.4, -0.2) is 56.0 Å². The van der Waals surface area contributed by atoms with E-state index in [9.17, 15) is 17.6 Å². The first-order chi connectivity index (χ1) is 16.1. The molecule has 1 N–H and O–H groups in total. The van der Waals surface area contributed by atoms with Crippen molar-refractivity contribution in [2.75, 3.05) is 37.4 Å². The zero-order valence-corrected chi connectivity index (χ0v) is 20.4. The smallest absolute Gasteiger partial charge is 0.243 e. The standard InChI is InChI=1S/C23H28FN5O4S/c1-5-29(6-2)34(31,32)18-11-12-20(28(3)4)19(15-18)25-21(30)13-14-22-26-23(27-33-22)16-7-9-17(24)10-8-16/h7-12,15H,5-6,13-14H2,1-4H3,(H,25,30). The number of rotatable bonds is 10. The number of sulfonamides is 1. The number of hydrogen-bond acceptors (Lipinski definition) is 7. The average molecular weight is 490 g/mol. The third-order valence-corrected chi connectivity index (χ3v) is 7.25. The summed E-state index contributed by atoms with van der Waals surface area (Å²) in [5.74, 6) is -0.128. The van der Waals surface area contributed by atoms with Crippen molar-refractivity contribution in [3.63, 3.8) is 0 Å². The lowest BCUT2D eigenvalue weighted by atomic mass is 10.2. The summed E-state index contributed by atoms with van der Waals surface area (Å²) in [6.45, 7) is 4.24. The van der Waals surface area contributed by atoms with Crippen LogP contribution in [0.3, 0.4) is 0 Å². The summed E-state index contributed by atoms with van der Waals surface area (Å²) < 4.78 is 45.5. The predicted octanol–water partition coefficient (Wildman–Crippen LogP) is 3.54. The van der Waals surface area contributed by atoms with Crippen molar-refractivity contribution in [3.05, 3.63) is 54.2 Å². The van der Waals surface area contributed by atoms with Crippen molar-refractivity contribution in [3.8, 4) is 11.4 Å². The first kappa shape index (κ1) is 25.3. The molecule has 0 fully saturated rings. The molecule has 0 spiro atoms. The van der Waals surface area contributed by atoms with E-state index in [2.05, 4.69) is 15.5 Å². The van der Waals surface area contributed by atoms with E-state index in [1.54, 1.807) is 51.0 Å². The SMILES string of the molecule is CCN(CC)S(=O)(=O)c1ccc(N(C)C)c(NC(=O)CCc2nc(-c3ccc(F)cc3)no2)c1. The van der Waals surface area contributed by atoms with E-state index in [1.165, 1.54) is 28.6 Å². The van der Waals surface area contributed by atoms with E-state index in [4.69, 9.17) is 4.52 Å². The van der Waals surface area contributed by atoms with Crippen LogP contribution < -0.4 is 10.2 Å². The summed E-state index contributed by atoms with van der Waals surface area (Å²) in [5.41, 5.74) is 1.66. The van der Waals surface area contributed by atoms with Gasteiger partial charge in [0, 0.05) is 45.6 Å². The van der Waals surface area contributed by atoms with Crippen LogP contribution in [0.2, 0.25) is 0 Å². The number of anilines is 2. The van der Waals surface area contributed by atoms with Crippen LogP contribution in [0.15, 0.2) is 51.9 Å². The van der Waals surface area contributed by atoms with Gasteiger partial charge in [0.05, 0.1) is 16.3 Å². The maximum absolute atomic E-state index is 13.1. The molecule has 2 aromatic carbocycles. The first-order valence-electron chi connectivity index (χ1n) is 10.9. The second-order valence-corrected chi connectivity index (χ2v) is 9.67. The van der Waals surface area contributed by atoms with E-state index in [1.807, 2.05) is 0 Å². The molecule has 9 nitrogen and oxygen atoms in total. The molecule has 1 heterocycles. The molecule has 11 heteroatoms. The van der Waals surface area contributed by atoms with Gasteiger partial charge < -0.3 is 14.7 Å². The Morgan fingerprint density at radius 1 is 1.09 bits per heavy atom. The molecule has 182 valence electrons. The third kappa shape index (κ3) is 5.78. The number of carbonyl (C=O) groups is 1. The van der Waals surface area contributed by atoms with E-state index in [0.717, 1.165) is 0 Å². The van der Waals surface area contributed by atoms with Gasteiger partial charge in [-0.05, 0) is 42.5 Å². The molecule has 3 rings (SSSR count). The molecule has 0 aliphatic carbocycles. The highest BCUT2D eigenvalue weighted by Gasteiger charge is 2.23. The first-order valence-corrected chi connectivity index (χ1v) is 12.3. The van der Waals surface area contributed by atoms with Crippen LogP contribution in [0.1, 0.15) is 26.2 Å². The van der Waals surface area contributed by atoms with Crippen molar-refractivity contribution >= 4 is 27.3 Å². The second-order valence-electron chi connectivity index (χ2n) is 7.73. The van der Waals surface area contributed by atoms with Gasteiger partial charge in [0.2, 0.25) is 27.6 Å². The molecular formula is C23H28FN5O4S. The number of hydrogen-bond donors (Lipinski definition) is 1. The minimum Gasteiger partial charge on any atom is -0.376 e. The number of aromatic nitrogens is 2. The Bertz CT molecular complexity index is 1240. The Morgan fingerprint density at radius 3 is 2.38 bits per heavy atom. The molecule has 3 aromatic rings. The Hall–Kier alpha value is -3.31. The molecular weight excluding hydrogens is 461 g/mol. The van der Waals surface area contributed by atoms with Gasteiger partial charge in [0.25, 0.3) is 0 Å². The van der Waals surface area contributed by atoms with Gasteiger partial charge in [0.1, 0.15) is 5.82 Å². The second kappa shape index (κ2) is 10.7. The molecule has 0 aliphatic heterocycles. The molecule has 1 amide bonds. The average Bonchev–Trinajstić information content (AvgIpc) is 3.27. The number of nitrogens with one attached hydrogen (secondary N) is 1. The van der Waals surface area contributed by atoms with Gasteiger partial charge in [-0.15, -0.1) is 0 Å². The largest absolute Gasteiger partial charge is 0.376 e. The lowest BCUT2D eigenvalue weighted by molar-refractivity contribution is -0.116. The molecule has 0 bridgehead atoms. The Morgan fingerprint density at radius 2 is 1.76 bits per heavy atom. The number of halogens is 1. The van der Waals surface area contributed by atoms with E-state index < -0.39 is 10.0 Å². The maximum Gasteiger partial charge on any atom is 0.243 e. The minimum absolute atomic E-state index is 0.0466. The molecule has 0 radical (unpaired) electrons. The van der Waals surface area contributed by atoms with Gasteiger partial charge in [-0.2, -0.15) is 9.29 Å². The maximum atomic E-state index is 13.1. The summed E-state index contributed by atoms with van der Waals surface area (Å²) in [6.07, 6.45) is 0.236. The monoisotopic (exact) mass is 489 g/mol. The highest BCUT2D eigenvalue weighted by atomic mass is 32.2.